The van der Waals surface area contributed by atoms with Gasteiger partial charge in [-0.25, -0.2) is 0 Å². The van der Waals surface area contributed by atoms with E-state index in [-0.39, 0.29) is 5.54 Å². The van der Waals surface area contributed by atoms with Crippen LogP contribution in [0.5, 0.6) is 0 Å². The van der Waals surface area contributed by atoms with Gasteiger partial charge < -0.3 is 10.4 Å². The number of hydroxylamine groups is 1. The summed E-state index contributed by atoms with van der Waals surface area (Å²) in [6.45, 7) is 4.01. The second kappa shape index (κ2) is 3.41. The standard InChI is InChI=1S/C8H16N2O2/c1-6-3-7(9-11)5-8(2,4-6)10-12/h6,10-12H,3-5H2,1-2H3. The predicted octanol–water partition coefficient (Wildman–Crippen LogP) is 1.37. The Balaban J connectivity index is 2.69. The van der Waals surface area contributed by atoms with Gasteiger partial charge in [-0.05, 0) is 25.7 Å². The van der Waals surface area contributed by atoms with E-state index in [0.29, 0.717) is 12.3 Å². The lowest BCUT2D eigenvalue weighted by Crippen LogP contribution is -2.46. The molecule has 0 aromatic rings. The summed E-state index contributed by atoms with van der Waals surface area (Å²) in [5.74, 6) is 0.453. The molecule has 1 saturated carbocycles. The summed E-state index contributed by atoms with van der Waals surface area (Å²) < 4.78 is 0. The summed E-state index contributed by atoms with van der Waals surface area (Å²) in [4.78, 5) is 0. The monoisotopic (exact) mass is 172 g/mol. The molecule has 0 aliphatic heterocycles. The Morgan fingerprint density at radius 1 is 1.67 bits per heavy atom. The Kier molecular flexibility index (Phi) is 2.69. The van der Waals surface area contributed by atoms with Crippen molar-refractivity contribution in [2.75, 3.05) is 0 Å². The van der Waals surface area contributed by atoms with Crippen molar-refractivity contribution >= 4 is 5.71 Å². The van der Waals surface area contributed by atoms with Crippen molar-refractivity contribution in [3.63, 3.8) is 0 Å². The minimum Gasteiger partial charge on any atom is -0.411 e. The van der Waals surface area contributed by atoms with Gasteiger partial charge in [0.05, 0.1) is 5.71 Å². The third-order valence-corrected chi connectivity index (χ3v) is 2.39. The second-order valence-corrected chi connectivity index (χ2v) is 4.03. The Hall–Kier alpha value is -0.610. The lowest BCUT2D eigenvalue weighted by molar-refractivity contribution is 0.0549. The number of rotatable bonds is 1. The number of nitrogens with one attached hydrogen (secondary N) is 1. The van der Waals surface area contributed by atoms with Gasteiger partial charge in [-0.2, -0.15) is 5.48 Å². The SMILES string of the molecule is CC1CC(=NO)CC(C)(NO)C1. The molecule has 4 nitrogen and oxygen atoms in total. The number of hydrogen-bond acceptors (Lipinski definition) is 4. The summed E-state index contributed by atoms with van der Waals surface area (Å²) in [7, 11) is 0. The van der Waals surface area contributed by atoms with Gasteiger partial charge in [-0.1, -0.05) is 12.1 Å². The third-order valence-electron chi connectivity index (χ3n) is 2.39. The van der Waals surface area contributed by atoms with E-state index in [0.717, 1.165) is 18.6 Å². The number of nitrogens with zero attached hydrogens (tertiary/aromatic N) is 1. The van der Waals surface area contributed by atoms with Crippen LogP contribution in [-0.2, 0) is 0 Å². The molecule has 0 radical (unpaired) electrons. The Bertz CT molecular complexity index is 193. The Morgan fingerprint density at radius 3 is 2.83 bits per heavy atom. The van der Waals surface area contributed by atoms with Crippen LogP contribution >= 0.6 is 0 Å². The summed E-state index contributed by atoms with van der Waals surface area (Å²) in [5.41, 5.74) is 2.72. The molecule has 0 spiro atoms. The molecular weight excluding hydrogens is 156 g/mol. The fraction of sp³-hybridized carbons (Fsp3) is 0.875. The molecule has 12 heavy (non-hydrogen) atoms. The van der Waals surface area contributed by atoms with E-state index in [9.17, 15) is 0 Å². The summed E-state index contributed by atoms with van der Waals surface area (Å²) in [6.07, 6.45) is 2.35. The van der Waals surface area contributed by atoms with Crippen LogP contribution in [0, 0.1) is 5.92 Å². The molecule has 1 aliphatic carbocycles. The van der Waals surface area contributed by atoms with Crippen LogP contribution in [0.3, 0.4) is 0 Å². The third kappa shape index (κ3) is 1.95. The molecule has 4 heteroatoms. The highest BCUT2D eigenvalue weighted by Gasteiger charge is 2.33. The predicted molar refractivity (Wildman–Crippen MR) is 45.6 cm³/mol. The van der Waals surface area contributed by atoms with E-state index in [1.54, 1.807) is 0 Å². The maximum Gasteiger partial charge on any atom is 0.0592 e. The van der Waals surface area contributed by atoms with Crippen molar-refractivity contribution in [1.29, 1.82) is 0 Å². The van der Waals surface area contributed by atoms with Gasteiger partial charge in [-0.3, -0.25) is 0 Å². The van der Waals surface area contributed by atoms with Gasteiger partial charge in [0, 0.05) is 12.0 Å². The molecule has 0 amide bonds. The van der Waals surface area contributed by atoms with E-state index in [2.05, 4.69) is 17.6 Å². The number of oxime groups is 1. The van der Waals surface area contributed by atoms with Crippen molar-refractivity contribution in [2.24, 2.45) is 11.1 Å². The zero-order chi connectivity index (χ0) is 9.19. The average molecular weight is 172 g/mol. The van der Waals surface area contributed by atoms with Crippen LogP contribution in [0.2, 0.25) is 0 Å². The molecule has 2 atom stereocenters. The van der Waals surface area contributed by atoms with Gasteiger partial charge >= 0.3 is 0 Å². The maximum absolute atomic E-state index is 8.89. The first kappa shape index (κ1) is 9.48. The molecule has 0 aromatic heterocycles. The molecule has 1 aliphatic rings. The largest absolute Gasteiger partial charge is 0.411 e. The highest BCUT2D eigenvalue weighted by molar-refractivity contribution is 5.85. The highest BCUT2D eigenvalue weighted by Crippen LogP contribution is 2.29. The van der Waals surface area contributed by atoms with Gasteiger partial charge in [0.15, 0.2) is 0 Å². The maximum atomic E-state index is 8.89. The highest BCUT2D eigenvalue weighted by atomic mass is 16.5. The summed E-state index contributed by atoms with van der Waals surface area (Å²) in [5, 5.41) is 20.7. The van der Waals surface area contributed by atoms with Crippen LogP contribution in [0.4, 0.5) is 0 Å². The van der Waals surface area contributed by atoms with E-state index in [1.807, 2.05) is 6.92 Å². The first-order valence-corrected chi connectivity index (χ1v) is 4.21. The lowest BCUT2D eigenvalue weighted by Gasteiger charge is -2.35. The molecule has 0 saturated heterocycles. The van der Waals surface area contributed by atoms with Crippen LogP contribution in [0.1, 0.15) is 33.1 Å². The van der Waals surface area contributed by atoms with Gasteiger partial charge in [-0.15, -0.1) is 0 Å². The van der Waals surface area contributed by atoms with Crippen molar-refractivity contribution in [3.8, 4) is 0 Å². The Morgan fingerprint density at radius 2 is 2.33 bits per heavy atom. The first-order chi connectivity index (χ1) is 5.59. The molecule has 1 fully saturated rings. The van der Waals surface area contributed by atoms with Crippen molar-refractivity contribution < 1.29 is 10.4 Å². The normalized spacial score (nSPS) is 40.2. The van der Waals surface area contributed by atoms with E-state index < -0.39 is 0 Å². The average Bonchev–Trinajstić information content (AvgIpc) is 2.03. The van der Waals surface area contributed by atoms with Crippen LogP contribution in [0.15, 0.2) is 5.16 Å². The zero-order valence-electron chi connectivity index (χ0n) is 7.54. The summed E-state index contributed by atoms with van der Waals surface area (Å²) in [6, 6.07) is 0. The summed E-state index contributed by atoms with van der Waals surface area (Å²) >= 11 is 0. The zero-order valence-corrected chi connectivity index (χ0v) is 7.54. The van der Waals surface area contributed by atoms with E-state index >= 15 is 0 Å². The van der Waals surface area contributed by atoms with Gasteiger partial charge in [0.1, 0.15) is 0 Å². The first-order valence-electron chi connectivity index (χ1n) is 4.21. The molecule has 0 bridgehead atoms. The van der Waals surface area contributed by atoms with Crippen molar-refractivity contribution in [2.45, 2.75) is 38.6 Å². The lowest BCUT2D eigenvalue weighted by atomic mass is 9.77. The van der Waals surface area contributed by atoms with Crippen LogP contribution < -0.4 is 5.48 Å². The molecule has 70 valence electrons. The van der Waals surface area contributed by atoms with E-state index in [4.69, 9.17) is 10.4 Å². The van der Waals surface area contributed by atoms with Crippen molar-refractivity contribution in [1.82, 2.24) is 5.48 Å². The minimum atomic E-state index is -0.320. The van der Waals surface area contributed by atoms with E-state index in [1.165, 1.54) is 0 Å². The molecule has 0 aromatic carbocycles. The quantitative estimate of drug-likeness (QED) is 0.413. The molecule has 1 rings (SSSR count). The fourth-order valence-corrected chi connectivity index (χ4v) is 2.00. The topological polar surface area (TPSA) is 64.9 Å². The van der Waals surface area contributed by atoms with Gasteiger partial charge in [0.25, 0.3) is 0 Å². The Labute approximate surface area is 72.2 Å². The van der Waals surface area contributed by atoms with Gasteiger partial charge in [0.2, 0.25) is 0 Å². The van der Waals surface area contributed by atoms with Crippen molar-refractivity contribution in [3.05, 3.63) is 0 Å². The van der Waals surface area contributed by atoms with Crippen LogP contribution in [-0.4, -0.2) is 21.7 Å². The minimum absolute atomic E-state index is 0.320. The molecular formula is C8H16N2O2. The fourth-order valence-electron chi connectivity index (χ4n) is 2.00. The molecule has 3 N–H and O–H groups in total. The van der Waals surface area contributed by atoms with Crippen LogP contribution in [0.25, 0.3) is 0 Å². The molecule has 2 unspecified atom stereocenters. The second-order valence-electron chi connectivity index (χ2n) is 4.03. The molecule has 0 heterocycles. The number of hydrogen-bond donors (Lipinski definition) is 3. The smallest absolute Gasteiger partial charge is 0.0592 e.